The number of carbonyl (C=O) groups is 2. The topological polar surface area (TPSA) is 80.8 Å². The Morgan fingerprint density at radius 2 is 2.04 bits per heavy atom. The van der Waals surface area contributed by atoms with Crippen molar-refractivity contribution in [2.24, 2.45) is 0 Å². The van der Waals surface area contributed by atoms with Crippen LogP contribution in [0.4, 0.5) is 19.0 Å². The van der Waals surface area contributed by atoms with Gasteiger partial charge in [0.2, 0.25) is 0 Å². The molecular formula is C15H18F3N3O4. The molecule has 0 spiro atoms. The summed E-state index contributed by atoms with van der Waals surface area (Å²) in [6.07, 6.45) is -4.58. The van der Waals surface area contributed by atoms with Gasteiger partial charge in [0.25, 0.3) is 5.91 Å². The molecule has 0 bridgehead atoms. The van der Waals surface area contributed by atoms with Crippen molar-refractivity contribution in [3.05, 3.63) is 23.9 Å². The van der Waals surface area contributed by atoms with Crippen LogP contribution in [-0.2, 0) is 14.3 Å². The molecule has 138 valence electrons. The first-order valence-corrected chi connectivity index (χ1v) is 7.60. The van der Waals surface area contributed by atoms with Crippen LogP contribution in [0, 0.1) is 0 Å². The highest BCUT2D eigenvalue weighted by molar-refractivity contribution is 5.92. The number of rotatable bonds is 5. The van der Waals surface area contributed by atoms with Crippen molar-refractivity contribution in [1.29, 1.82) is 0 Å². The summed E-state index contributed by atoms with van der Waals surface area (Å²) >= 11 is 0. The summed E-state index contributed by atoms with van der Waals surface area (Å²) in [5, 5.41) is 1.66. The van der Waals surface area contributed by atoms with Crippen LogP contribution in [0.5, 0.6) is 0 Å². The van der Waals surface area contributed by atoms with Gasteiger partial charge in [0.05, 0.1) is 18.8 Å². The molecule has 1 saturated heterocycles. The Hall–Kier alpha value is -2.36. The van der Waals surface area contributed by atoms with Crippen molar-refractivity contribution in [2.75, 3.05) is 37.7 Å². The zero-order valence-corrected chi connectivity index (χ0v) is 13.5. The minimum absolute atomic E-state index is 0.104. The van der Waals surface area contributed by atoms with Gasteiger partial charge in [-0.15, -0.1) is 0 Å². The molecule has 1 aromatic rings. The summed E-state index contributed by atoms with van der Waals surface area (Å²) in [5.74, 6) is -1.19. The lowest BCUT2D eigenvalue weighted by Crippen LogP contribution is -2.40. The van der Waals surface area contributed by atoms with E-state index in [1.165, 1.54) is 19.2 Å². The fourth-order valence-corrected chi connectivity index (χ4v) is 2.10. The minimum Gasteiger partial charge on any atom is -0.449 e. The highest BCUT2D eigenvalue weighted by atomic mass is 19.4. The molecule has 0 saturated carbocycles. The van der Waals surface area contributed by atoms with Gasteiger partial charge < -0.3 is 19.7 Å². The maximum atomic E-state index is 12.1. The van der Waals surface area contributed by atoms with Gasteiger partial charge >= 0.3 is 12.1 Å². The van der Waals surface area contributed by atoms with E-state index >= 15 is 0 Å². The Balaban J connectivity index is 1.88. The third-order valence-corrected chi connectivity index (χ3v) is 3.43. The second kappa shape index (κ2) is 8.15. The normalized spacial score (nSPS) is 16.2. The van der Waals surface area contributed by atoms with Gasteiger partial charge in [0, 0.05) is 19.3 Å². The molecule has 1 aliphatic heterocycles. The third-order valence-electron chi connectivity index (χ3n) is 3.43. The van der Waals surface area contributed by atoms with Crippen LogP contribution in [-0.4, -0.2) is 62.0 Å². The smallest absolute Gasteiger partial charge is 0.405 e. The molecule has 25 heavy (non-hydrogen) atoms. The number of amides is 1. The molecular weight excluding hydrogens is 343 g/mol. The van der Waals surface area contributed by atoms with Crippen molar-refractivity contribution >= 4 is 17.7 Å². The summed E-state index contributed by atoms with van der Waals surface area (Å²) in [4.78, 5) is 29.6. The quantitative estimate of drug-likeness (QED) is 0.793. The van der Waals surface area contributed by atoms with Gasteiger partial charge in [-0.25, -0.2) is 9.78 Å². The van der Waals surface area contributed by atoms with Crippen LogP contribution in [0.25, 0.3) is 0 Å². The largest absolute Gasteiger partial charge is 0.449 e. The number of hydrogen-bond acceptors (Lipinski definition) is 6. The van der Waals surface area contributed by atoms with Crippen LogP contribution in [0.3, 0.4) is 0 Å². The number of nitrogens with zero attached hydrogens (tertiary/aromatic N) is 2. The number of hydrogen-bond donors (Lipinski definition) is 1. The number of anilines is 1. The van der Waals surface area contributed by atoms with E-state index in [9.17, 15) is 22.8 Å². The van der Waals surface area contributed by atoms with Crippen molar-refractivity contribution in [3.63, 3.8) is 0 Å². The molecule has 10 heteroatoms. The lowest BCUT2D eigenvalue weighted by atomic mass is 10.2. The Morgan fingerprint density at radius 1 is 1.36 bits per heavy atom. The molecule has 1 aliphatic rings. The maximum absolute atomic E-state index is 12.1. The summed E-state index contributed by atoms with van der Waals surface area (Å²) in [6, 6.07) is 3.12. The summed E-state index contributed by atoms with van der Waals surface area (Å²) < 4.78 is 46.3. The molecule has 7 nitrogen and oxygen atoms in total. The molecule has 1 aromatic heterocycles. The van der Waals surface area contributed by atoms with Crippen LogP contribution in [0.2, 0.25) is 0 Å². The molecule has 2 rings (SSSR count). The van der Waals surface area contributed by atoms with Crippen LogP contribution in [0.1, 0.15) is 17.3 Å². The number of esters is 1. The van der Waals surface area contributed by atoms with Crippen LogP contribution < -0.4 is 10.2 Å². The van der Waals surface area contributed by atoms with E-state index in [0.29, 0.717) is 32.1 Å². The molecule has 0 aromatic carbocycles. The maximum Gasteiger partial charge on any atom is 0.405 e. The average Bonchev–Trinajstić information content (AvgIpc) is 2.59. The van der Waals surface area contributed by atoms with E-state index in [4.69, 9.17) is 9.47 Å². The van der Waals surface area contributed by atoms with Crippen LogP contribution in [0.15, 0.2) is 18.3 Å². The Morgan fingerprint density at radius 3 is 2.60 bits per heavy atom. The summed E-state index contributed by atoms with van der Waals surface area (Å²) in [5.41, 5.74) is 0.104. The zero-order valence-electron chi connectivity index (χ0n) is 13.5. The van der Waals surface area contributed by atoms with Crippen molar-refractivity contribution in [2.45, 2.75) is 19.2 Å². The first-order chi connectivity index (χ1) is 11.8. The number of ether oxygens (including phenoxy) is 2. The van der Waals surface area contributed by atoms with E-state index in [1.54, 1.807) is 11.4 Å². The Kier molecular flexibility index (Phi) is 6.18. The van der Waals surface area contributed by atoms with Crippen molar-refractivity contribution in [3.8, 4) is 0 Å². The predicted molar refractivity (Wildman–Crippen MR) is 81.2 cm³/mol. The summed E-state index contributed by atoms with van der Waals surface area (Å²) in [7, 11) is 0. The number of pyridine rings is 1. The number of nitrogens with one attached hydrogen (secondary N) is 1. The SMILES string of the molecule is CC(OC(=O)c1ccc(N2CCOCC2)nc1)C(=O)NCC(F)(F)F. The predicted octanol–water partition coefficient (Wildman–Crippen LogP) is 1.14. The second-order valence-electron chi connectivity index (χ2n) is 5.39. The first kappa shape index (κ1) is 19.0. The van der Waals surface area contributed by atoms with E-state index in [-0.39, 0.29) is 5.56 Å². The fraction of sp³-hybridized carbons (Fsp3) is 0.533. The molecule has 1 atom stereocenters. The van der Waals surface area contributed by atoms with Gasteiger partial charge in [-0.05, 0) is 19.1 Å². The van der Waals surface area contributed by atoms with Gasteiger partial charge in [-0.1, -0.05) is 0 Å². The second-order valence-corrected chi connectivity index (χ2v) is 5.39. The molecule has 2 heterocycles. The molecule has 0 radical (unpaired) electrons. The monoisotopic (exact) mass is 361 g/mol. The third kappa shape index (κ3) is 5.89. The lowest BCUT2D eigenvalue weighted by Gasteiger charge is -2.27. The van der Waals surface area contributed by atoms with Crippen LogP contribution >= 0.6 is 0 Å². The highest BCUT2D eigenvalue weighted by Crippen LogP contribution is 2.15. The number of morpholine rings is 1. The van der Waals surface area contributed by atoms with E-state index in [0.717, 1.165) is 0 Å². The molecule has 1 amide bonds. The molecule has 1 fully saturated rings. The van der Waals surface area contributed by atoms with E-state index in [2.05, 4.69) is 4.98 Å². The van der Waals surface area contributed by atoms with E-state index in [1.807, 2.05) is 4.90 Å². The zero-order chi connectivity index (χ0) is 18.4. The number of aromatic nitrogens is 1. The van der Waals surface area contributed by atoms with Crippen molar-refractivity contribution < 1.29 is 32.2 Å². The van der Waals surface area contributed by atoms with E-state index < -0.39 is 30.7 Å². The van der Waals surface area contributed by atoms with Crippen molar-refractivity contribution in [1.82, 2.24) is 10.3 Å². The summed E-state index contributed by atoms with van der Waals surface area (Å²) in [6.45, 7) is 2.27. The number of alkyl halides is 3. The Labute approximate surface area is 142 Å². The highest BCUT2D eigenvalue weighted by Gasteiger charge is 2.29. The van der Waals surface area contributed by atoms with Gasteiger partial charge in [0.15, 0.2) is 6.10 Å². The van der Waals surface area contributed by atoms with Gasteiger partial charge in [-0.3, -0.25) is 4.79 Å². The number of halogens is 3. The molecule has 0 aliphatic carbocycles. The minimum atomic E-state index is -4.53. The lowest BCUT2D eigenvalue weighted by molar-refractivity contribution is -0.143. The number of carbonyl (C=O) groups excluding carboxylic acids is 2. The Bertz CT molecular complexity index is 601. The van der Waals surface area contributed by atoms with Gasteiger partial charge in [0.1, 0.15) is 12.4 Å². The van der Waals surface area contributed by atoms with Gasteiger partial charge in [-0.2, -0.15) is 13.2 Å². The first-order valence-electron chi connectivity index (χ1n) is 7.60. The fourth-order valence-electron chi connectivity index (χ4n) is 2.10. The average molecular weight is 361 g/mol. The standard InChI is InChI=1S/C15H18F3N3O4/c1-10(13(22)20-9-15(16,17)18)25-14(23)11-2-3-12(19-8-11)21-4-6-24-7-5-21/h2-3,8,10H,4-7,9H2,1H3,(H,20,22). The molecule has 1 unspecified atom stereocenters. The molecule has 1 N–H and O–H groups in total.